The lowest BCUT2D eigenvalue weighted by atomic mass is 10.1. The Morgan fingerprint density at radius 1 is 0.440 bits per heavy atom. The van der Waals surface area contributed by atoms with Crippen molar-refractivity contribution in [3.05, 3.63) is 35.0 Å². The van der Waals surface area contributed by atoms with Gasteiger partial charge in [0.15, 0.2) is 11.5 Å². The molecule has 0 spiro atoms. The van der Waals surface area contributed by atoms with E-state index in [9.17, 15) is 0 Å². The van der Waals surface area contributed by atoms with Crippen LogP contribution in [0.4, 0.5) is 0 Å². The summed E-state index contributed by atoms with van der Waals surface area (Å²) < 4.78 is 25.1. The molecule has 50 heavy (non-hydrogen) atoms. The average Bonchev–Trinajstić information content (AvgIpc) is 3.86. The summed E-state index contributed by atoms with van der Waals surface area (Å²) >= 11 is 3.66. The Hall–Kier alpha value is -2.18. The molecule has 0 amide bonds. The summed E-state index contributed by atoms with van der Waals surface area (Å²) in [6.07, 6.45) is 30.9. The van der Waals surface area contributed by atoms with Crippen molar-refractivity contribution >= 4 is 43.1 Å². The number of unbranched alkanes of at least 4 members (excludes halogenated alkanes) is 21. The van der Waals surface area contributed by atoms with Gasteiger partial charge in [0.1, 0.15) is 0 Å². The molecule has 0 unspecified atom stereocenters. The van der Waals surface area contributed by atoms with E-state index >= 15 is 0 Å². The van der Waals surface area contributed by atoms with Gasteiger partial charge in [-0.25, -0.2) is 0 Å². The average molecular weight is 724 g/mol. The van der Waals surface area contributed by atoms with Gasteiger partial charge in [0, 0.05) is 12.1 Å². The molecule has 4 aromatic rings. The van der Waals surface area contributed by atoms with Crippen LogP contribution in [0.3, 0.4) is 0 Å². The van der Waals surface area contributed by atoms with E-state index in [1.165, 1.54) is 155 Å². The summed E-state index contributed by atoms with van der Waals surface area (Å²) in [5.74, 6) is 2.46. The first-order chi connectivity index (χ1) is 24.8. The molecule has 6 heteroatoms. The van der Waals surface area contributed by atoms with E-state index in [-0.39, 0.29) is 0 Å². The van der Waals surface area contributed by atoms with E-state index in [1.54, 1.807) is 0 Å². The largest absolute Gasteiger partial charge is 0.489 e. The second-order valence-corrected chi connectivity index (χ2v) is 16.2. The maximum atomic E-state index is 6.66. The number of hydrogen-bond acceptors (Lipinski definition) is 5. The van der Waals surface area contributed by atoms with Gasteiger partial charge in [-0.15, -0.1) is 22.7 Å². The normalized spacial score (nSPS) is 11.7. The minimum absolute atomic E-state index is 0.698. The quantitative estimate of drug-likeness (QED) is 0.0485. The Bertz CT molecular complexity index is 1340. The number of rotatable bonds is 31. The van der Waals surface area contributed by atoms with E-state index in [4.69, 9.17) is 14.2 Å². The number of benzene rings is 1. The summed E-state index contributed by atoms with van der Waals surface area (Å²) in [6.45, 7) is 8.97. The van der Waals surface area contributed by atoms with E-state index in [0.29, 0.717) is 19.8 Å². The molecule has 0 aliphatic rings. The van der Waals surface area contributed by atoms with E-state index in [0.717, 1.165) is 42.2 Å². The lowest BCUT2D eigenvalue weighted by Crippen LogP contribution is -2.08. The summed E-state index contributed by atoms with van der Waals surface area (Å²) in [6, 6.07) is 8.93. The van der Waals surface area contributed by atoms with Gasteiger partial charge in [-0.05, 0) is 42.2 Å². The molecule has 0 N–H and O–H groups in total. The van der Waals surface area contributed by atoms with Crippen molar-refractivity contribution in [1.29, 1.82) is 0 Å². The third kappa shape index (κ3) is 13.4. The van der Waals surface area contributed by atoms with Gasteiger partial charge in [0.25, 0.3) is 0 Å². The monoisotopic (exact) mass is 723 g/mol. The van der Waals surface area contributed by atoms with Gasteiger partial charge in [0.2, 0.25) is 5.75 Å². The minimum Gasteiger partial charge on any atom is -0.489 e. The molecular formula is C44H69NO3S2. The highest BCUT2D eigenvalue weighted by atomic mass is 32.1. The molecule has 0 atom stereocenters. The second-order valence-electron chi connectivity index (χ2n) is 14.3. The number of fused-ring (bicyclic) bond motifs is 3. The van der Waals surface area contributed by atoms with Crippen molar-refractivity contribution in [3.63, 3.8) is 0 Å². The van der Waals surface area contributed by atoms with Crippen LogP contribution < -0.4 is 14.2 Å². The predicted molar refractivity (Wildman–Crippen MR) is 221 cm³/mol. The smallest absolute Gasteiger partial charge is 0.203 e. The first-order valence-corrected chi connectivity index (χ1v) is 22.6. The maximum Gasteiger partial charge on any atom is 0.203 e. The lowest BCUT2D eigenvalue weighted by Gasteiger charge is -2.20. The molecule has 0 aliphatic carbocycles. The lowest BCUT2D eigenvalue weighted by molar-refractivity contribution is 0.234. The molecule has 4 nitrogen and oxygen atoms in total. The fraction of sp³-hybridized carbons (Fsp3) is 0.682. The maximum absolute atomic E-state index is 6.66. The number of hydrogen-bond donors (Lipinski definition) is 0. The van der Waals surface area contributed by atoms with Gasteiger partial charge >= 0.3 is 0 Å². The fourth-order valence-corrected chi connectivity index (χ4v) is 8.94. The zero-order chi connectivity index (χ0) is 35.1. The van der Waals surface area contributed by atoms with Crippen molar-refractivity contribution in [2.45, 2.75) is 175 Å². The summed E-state index contributed by atoms with van der Waals surface area (Å²) in [5.41, 5.74) is 3.61. The van der Waals surface area contributed by atoms with Crippen LogP contribution in [0.5, 0.6) is 17.2 Å². The Morgan fingerprint density at radius 2 is 0.780 bits per heavy atom. The van der Waals surface area contributed by atoms with E-state index < -0.39 is 0 Å². The highest BCUT2D eigenvalue weighted by Crippen LogP contribution is 2.44. The van der Waals surface area contributed by atoms with Gasteiger partial charge in [-0.2, -0.15) is 0 Å². The van der Waals surface area contributed by atoms with Crippen LogP contribution in [-0.2, 0) is 0 Å². The zero-order valence-electron chi connectivity index (χ0n) is 32.0. The Kier molecular flexibility index (Phi) is 20.2. The van der Waals surface area contributed by atoms with E-state index in [2.05, 4.69) is 60.4 Å². The van der Waals surface area contributed by atoms with Crippen LogP contribution in [0.1, 0.15) is 175 Å². The number of ether oxygens (including phenoxy) is 3. The predicted octanol–water partition coefficient (Wildman–Crippen LogP) is 15.5. The molecule has 1 aromatic carbocycles. The highest BCUT2D eigenvalue weighted by Gasteiger charge is 2.21. The Morgan fingerprint density at radius 3 is 1.16 bits per heavy atom. The van der Waals surface area contributed by atoms with Gasteiger partial charge < -0.3 is 18.8 Å². The van der Waals surface area contributed by atoms with Crippen molar-refractivity contribution in [3.8, 4) is 22.9 Å². The molecule has 0 saturated heterocycles. The molecule has 0 saturated carbocycles. The molecular weight excluding hydrogens is 655 g/mol. The van der Waals surface area contributed by atoms with Crippen molar-refractivity contribution in [2.75, 3.05) is 19.8 Å². The molecule has 4 rings (SSSR count). The Labute approximate surface area is 313 Å². The molecule has 0 radical (unpaired) electrons. The first-order valence-electron chi connectivity index (χ1n) is 20.8. The molecule has 0 bridgehead atoms. The number of thiophene rings is 2. The standard InChI is InChI=1S/C44H69NO3S2/c1-4-7-10-13-16-19-22-25-30-46-40-35-37(45-38-28-33-49-43(38)44-39(45)29-34-50-44)36-41(47-31-26-23-20-17-14-11-8-5-2)42(40)48-32-27-24-21-18-15-12-9-6-3/h28-29,33-36H,4-27,30-32H2,1-3H3. The molecule has 0 aliphatic heterocycles. The van der Waals surface area contributed by atoms with Crippen molar-refractivity contribution < 1.29 is 14.2 Å². The van der Waals surface area contributed by atoms with Crippen molar-refractivity contribution in [1.82, 2.24) is 4.57 Å². The minimum atomic E-state index is 0.698. The van der Waals surface area contributed by atoms with Crippen LogP contribution in [0.15, 0.2) is 35.0 Å². The number of nitrogens with zero attached hydrogens (tertiary/aromatic N) is 1. The topological polar surface area (TPSA) is 32.6 Å². The van der Waals surface area contributed by atoms with Crippen LogP contribution in [0.2, 0.25) is 0 Å². The Balaban J connectivity index is 1.48. The first kappa shape index (κ1) is 40.6. The third-order valence-corrected chi connectivity index (χ3v) is 12.0. The molecule has 3 heterocycles. The summed E-state index contributed by atoms with van der Waals surface area (Å²) in [5, 5.41) is 4.42. The van der Waals surface area contributed by atoms with Crippen LogP contribution in [-0.4, -0.2) is 24.4 Å². The molecule has 280 valence electrons. The third-order valence-electron chi connectivity index (χ3n) is 10.00. The molecule has 0 fully saturated rings. The SMILES string of the molecule is CCCCCCCCCCOc1cc(-n2c3ccsc3c3sccc32)cc(OCCCCCCCCCC)c1OCCCCCCCCCC. The van der Waals surface area contributed by atoms with Crippen LogP contribution in [0.25, 0.3) is 26.1 Å². The zero-order valence-corrected chi connectivity index (χ0v) is 33.7. The number of aromatic nitrogens is 1. The van der Waals surface area contributed by atoms with Crippen LogP contribution >= 0.6 is 22.7 Å². The summed E-state index contributed by atoms with van der Waals surface area (Å²) in [7, 11) is 0. The molecule has 3 aromatic heterocycles. The van der Waals surface area contributed by atoms with Crippen LogP contribution in [0, 0.1) is 0 Å². The van der Waals surface area contributed by atoms with Gasteiger partial charge in [-0.1, -0.05) is 156 Å². The van der Waals surface area contributed by atoms with E-state index in [1.807, 2.05) is 22.7 Å². The van der Waals surface area contributed by atoms with Gasteiger partial charge in [0.05, 0.1) is 45.9 Å². The fourth-order valence-electron chi connectivity index (χ4n) is 7.00. The second kappa shape index (κ2) is 24.9. The summed E-state index contributed by atoms with van der Waals surface area (Å²) in [4.78, 5) is 0. The highest BCUT2D eigenvalue weighted by molar-refractivity contribution is 7.25. The van der Waals surface area contributed by atoms with Gasteiger partial charge in [-0.3, -0.25) is 0 Å². The van der Waals surface area contributed by atoms with Crippen molar-refractivity contribution in [2.24, 2.45) is 0 Å².